The number of Topliss-reactive ketones (excluding diaryl/α,β-unsaturated/α-hetero) is 1. The molecule has 0 aromatic heterocycles. The van der Waals surface area contributed by atoms with Crippen molar-refractivity contribution in [2.75, 3.05) is 0 Å². The summed E-state index contributed by atoms with van der Waals surface area (Å²) in [5, 5.41) is 10.4. The number of halogens is 1. The standard InChI is InChI=1S/C19H23ClO2/c1-10-7-11-8-16(21)15(20)9-13(11)12-5-6-19(2)14(18(10)12)3-4-17(19)22/h8-10,12,14,18,21H,3-7H2,1-2H3/t10-,12?,14?,18?,19-/m0/s1. The van der Waals surface area contributed by atoms with E-state index < -0.39 is 0 Å². The minimum Gasteiger partial charge on any atom is -0.506 e. The highest BCUT2D eigenvalue weighted by atomic mass is 35.5. The van der Waals surface area contributed by atoms with Gasteiger partial charge in [0.2, 0.25) is 0 Å². The van der Waals surface area contributed by atoms with E-state index in [1.54, 1.807) is 0 Å². The van der Waals surface area contributed by atoms with Crippen LogP contribution in [0.5, 0.6) is 5.75 Å². The summed E-state index contributed by atoms with van der Waals surface area (Å²) in [5.41, 5.74) is 2.49. The predicted molar refractivity (Wildman–Crippen MR) is 87.3 cm³/mol. The molecule has 3 unspecified atom stereocenters. The van der Waals surface area contributed by atoms with E-state index >= 15 is 0 Å². The van der Waals surface area contributed by atoms with E-state index in [0.717, 1.165) is 32.1 Å². The smallest absolute Gasteiger partial charge is 0.139 e. The third-order valence-electron chi connectivity index (χ3n) is 6.85. The van der Waals surface area contributed by atoms with Crippen molar-refractivity contribution >= 4 is 17.4 Å². The van der Waals surface area contributed by atoms with Gasteiger partial charge in [-0.1, -0.05) is 25.4 Å². The highest BCUT2D eigenvalue weighted by molar-refractivity contribution is 6.32. The first-order valence-electron chi connectivity index (χ1n) is 8.46. The number of carbonyl (C=O) groups excluding carboxylic acids is 1. The van der Waals surface area contributed by atoms with E-state index in [9.17, 15) is 9.90 Å². The zero-order valence-corrected chi connectivity index (χ0v) is 14.0. The first-order valence-corrected chi connectivity index (χ1v) is 8.84. The number of aromatic hydroxyl groups is 1. The van der Waals surface area contributed by atoms with Crippen molar-refractivity contribution in [3.05, 3.63) is 28.3 Å². The minimum atomic E-state index is -0.0896. The molecule has 5 atom stereocenters. The zero-order chi connectivity index (χ0) is 15.6. The molecule has 4 rings (SSSR count). The molecule has 2 nitrogen and oxygen atoms in total. The normalized spacial score (nSPS) is 40.0. The third-order valence-corrected chi connectivity index (χ3v) is 7.15. The van der Waals surface area contributed by atoms with Gasteiger partial charge in [-0.2, -0.15) is 0 Å². The van der Waals surface area contributed by atoms with Crippen molar-refractivity contribution in [3.8, 4) is 5.75 Å². The summed E-state index contributed by atoms with van der Waals surface area (Å²) in [5.74, 6) is 2.85. The molecule has 3 aliphatic carbocycles. The molecule has 1 aromatic carbocycles. The van der Waals surface area contributed by atoms with E-state index in [1.165, 1.54) is 11.1 Å². The summed E-state index contributed by atoms with van der Waals surface area (Å²) >= 11 is 6.17. The fourth-order valence-electron chi connectivity index (χ4n) is 5.75. The molecule has 0 heterocycles. The number of rotatable bonds is 0. The highest BCUT2D eigenvalue weighted by Crippen LogP contribution is 2.61. The summed E-state index contributed by atoms with van der Waals surface area (Å²) in [4.78, 5) is 12.4. The Bertz CT molecular complexity index is 653. The lowest BCUT2D eigenvalue weighted by Crippen LogP contribution is -2.45. The van der Waals surface area contributed by atoms with Crippen LogP contribution in [-0.2, 0) is 11.2 Å². The topological polar surface area (TPSA) is 37.3 Å². The second kappa shape index (κ2) is 4.74. The summed E-state index contributed by atoms with van der Waals surface area (Å²) in [6, 6.07) is 3.84. The molecule has 0 bridgehead atoms. The van der Waals surface area contributed by atoms with Crippen LogP contribution in [0.15, 0.2) is 12.1 Å². The van der Waals surface area contributed by atoms with Crippen molar-refractivity contribution in [2.45, 2.75) is 51.9 Å². The zero-order valence-electron chi connectivity index (χ0n) is 13.2. The molecule has 3 aliphatic rings. The first kappa shape index (κ1) is 14.6. The lowest BCUT2D eigenvalue weighted by atomic mass is 9.53. The van der Waals surface area contributed by atoms with Crippen LogP contribution in [0.1, 0.15) is 56.6 Å². The maximum absolute atomic E-state index is 12.4. The van der Waals surface area contributed by atoms with Crippen LogP contribution >= 0.6 is 11.6 Å². The molecule has 0 spiro atoms. The first-order chi connectivity index (χ1) is 10.4. The Morgan fingerprint density at radius 3 is 2.86 bits per heavy atom. The van der Waals surface area contributed by atoms with E-state index in [1.807, 2.05) is 12.1 Å². The summed E-state index contributed by atoms with van der Waals surface area (Å²) in [6.07, 6.45) is 4.88. The molecule has 118 valence electrons. The van der Waals surface area contributed by atoms with Gasteiger partial charge in [-0.05, 0) is 72.6 Å². The lowest BCUT2D eigenvalue weighted by Gasteiger charge is -2.51. The van der Waals surface area contributed by atoms with E-state index in [0.29, 0.717) is 34.5 Å². The molecular weight excluding hydrogens is 296 g/mol. The molecule has 1 aromatic rings. The number of carbonyl (C=O) groups is 1. The number of hydrogen-bond acceptors (Lipinski definition) is 2. The van der Waals surface area contributed by atoms with E-state index in [2.05, 4.69) is 13.8 Å². The summed E-state index contributed by atoms with van der Waals surface area (Å²) < 4.78 is 0. The van der Waals surface area contributed by atoms with Crippen LogP contribution in [0.3, 0.4) is 0 Å². The molecule has 2 fully saturated rings. The van der Waals surface area contributed by atoms with Crippen molar-refractivity contribution in [1.29, 1.82) is 0 Å². The van der Waals surface area contributed by atoms with Crippen LogP contribution < -0.4 is 0 Å². The Balaban J connectivity index is 1.79. The van der Waals surface area contributed by atoms with Gasteiger partial charge in [0, 0.05) is 11.8 Å². The monoisotopic (exact) mass is 318 g/mol. The van der Waals surface area contributed by atoms with Gasteiger partial charge in [0.25, 0.3) is 0 Å². The van der Waals surface area contributed by atoms with Crippen LogP contribution in [-0.4, -0.2) is 10.9 Å². The second-order valence-corrected chi connectivity index (χ2v) is 8.30. The quantitative estimate of drug-likeness (QED) is 0.751. The van der Waals surface area contributed by atoms with Crippen LogP contribution in [0.4, 0.5) is 0 Å². The molecule has 2 saturated carbocycles. The van der Waals surface area contributed by atoms with Crippen LogP contribution in [0, 0.1) is 23.2 Å². The molecule has 3 heteroatoms. The van der Waals surface area contributed by atoms with Gasteiger partial charge in [0.1, 0.15) is 11.5 Å². The molecule has 1 N–H and O–H groups in total. The van der Waals surface area contributed by atoms with Gasteiger partial charge in [-0.15, -0.1) is 0 Å². The fourth-order valence-corrected chi connectivity index (χ4v) is 5.92. The van der Waals surface area contributed by atoms with Crippen molar-refractivity contribution < 1.29 is 9.90 Å². The Morgan fingerprint density at radius 2 is 2.09 bits per heavy atom. The molecule has 0 saturated heterocycles. The maximum Gasteiger partial charge on any atom is 0.139 e. The summed E-state index contributed by atoms with van der Waals surface area (Å²) in [6.45, 7) is 4.52. The lowest BCUT2D eigenvalue weighted by molar-refractivity contribution is -0.129. The molecule has 22 heavy (non-hydrogen) atoms. The van der Waals surface area contributed by atoms with E-state index in [4.69, 9.17) is 11.6 Å². The molecule has 0 radical (unpaired) electrons. The predicted octanol–water partition coefficient (Wildman–Crippen LogP) is 4.72. The van der Waals surface area contributed by atoms with Crippen LogP contribution in [0.25, 0.3) is 0 Å². The third kappa shape index (κ3) is 1.83. The average molecular weight is 319 g/mol. The SMILES string of the molecule is C[C@H]1Cc2cc(O)c(Cl)cc2C2CC[C@]3(C)C(=O)CCC3C21. The van der Waals surface area contributed by atoms with Crippen molar-refractivity contribution in [2.24, 2.45) is 23.2 Å². The van der Waals surface area contributed by atoms with Crippen LogP contribution in [0.2, 0.25) is 5.02 Å². The minimum absolute atomic E-state index is 0.0896. The van der Waals surface area contributed by atoms with Gasteiger partial charge in [0.05, 0.1) is 5.02 Å². The largest absolute Gasteiger partial charge is 0.506 e. The van der Waals surface area contributed by atoms with Crippen molar-refractivity contribution in [3.63, 3.8) is 0 Å². The number of phenols is 1. The molecular formula is C19H23ClO2. The fraction of sp³-hybridized carbons (Fsp3) is 0.632. The summed E-state index contributed by atoms with van der Waals surface area (Å²) in [7, 11) is 0. The van der Waals surface area contributed by atoms with Gasteiger partial charge < -0.3 is 5.11 Å². The second-order valence-electron chi connectivity index (χ2n) is 7.89. The van der Waals surface area contributed by atoms with Gasteiger partial charge >= 0.3 is 0 Å². The Hall–Kier alpha value is -1.02. The molecule has 0 amide bonds. The van der Waals surface area contributed by atoms with Crippen molar-refractivity contribution in [1.82, 2.24) is 0 Å². The number of ketones is 1. The Labute approximate surface area is 136 Å². The Kier molecular flexibility index (Phi) is 3.14. The maximum atomic E-state index is 12.4. The van der Waals surface area contributed by atoms with Gasteiger partial charge in [0.15, 0.2) is 0 Å². The number of fused-ring (bicyclic) bond motifs is 5. The highest BCUT2D eigenvalue weighted by Gasteiger charge is 2.56. The Morgan fingerprint density at radius 1 is 1.32 bits per heavy atom. The number of phenolic OH excluding ortho intramolecular Hbond substituents is 1. The van der Waals surface area contributed by atoms with Gasteiger partial charge in [-0.25, -0.2) is 0 Å². The molecule has 0 aliphatic heterocycles. The number of benzene rings is 1. The van der Waals surface area contributed by atoms with Gasteiger partial charge in [-0.3, -0.25) is 4.79 Å². The number of hydrogen-bond donors (Lipinski definition) is 1. The average Bonchev–Trinajstić information content (AvgIpc) is 2.77. The van der Waals surface area contributed by atoms with E-state index in [-0.39, 0.29) is 11.2 Å².